The number of unbranched alkanes of at least 4 members (excludes halogenated alkanes) is 2. The van der Waals surface area contributed by atoms with Crippen LogP contribution in [-0.4, -0.2) is 29.8 Å². The minimum Gasteiger partial charge on any atom is -0.497 e. The first kappa shape index (κ1) is 20.8. The number of rotatable bonds is 11. The van der Waals surface area contributed by atoms with Crippen molar-refractivity contribution in [1.29, 1.82) is 0 Å². The van der Waals surface area contributed by atoms with Crippen LogP contribution < -0.4 is 15.4 Å². The van der Waals surface area contributed by atoms with Gasteiger partial charge in [0, 0.05) is 24.7 Å². The molecule has 29 heavy (non-hydrogen) atoms. The van der Waals surface area contributed by atoms with E-state index >= 15 is 0 Å². The third-order valence-electron chi connectivity index (χ3n) is 4.38. The van der Waals surface area contributed by atoms with Gasteiger partial charge in [0.25, 0.3) is 0 Å². The number of hydrogen-bond acceptors (Lipinski definition) is 6. The maximum absolute atomic E-state index is 11.9. The third kappa shape index (κ3) is 7.19. The van der Waals surface area contributed by atoms with Crippen LogP contribution in [0.5, 0.6) is 5.75 Å². The highest BCUT2D eigenvalue weighted by Crippen LogP contribution is 2.24. The second kappa shape index (κ2) is 11.2. The Hall–Kier alpha value is -2.93. The summed E-state index contributed by atoms with van der Waals surface area (Å²) in [5, 5.41) is 16.5. The number of nitrogens with zero attached hydrogens (tertiary/aromatic N) is 2. The van der Waals surface area contributed by atoms with E-state index in [9.17, 15) is 4.79 Å². The number of anilines is 2. The lowest BCUT2D eigenvalue weighted by Crippen LogP contribution is -2.26. The van der Waals surface area contributed by atoms with Crippen LogP contribution in [0, 0.1) is 0 Å². The maximum atomic E-state index is 11.9. The number of carbonyl (C=O) groups excluding carboxylic acids is 1. The lowest BCUT2D eigenvalue weighted by Gasteiger charge is -2.05. The van der Waals surface area contributed by atoms with E-state index in [2.05, 4.69) is 20.8 Å². The van der Waals surface area contributed by atoms with Gasteiger partial charge in [-0.2, -0.15) is 0 Å². The van der Waals surface area contributed by atoms with Gasteiger partial charge in [-0.3, -0.25) is 4.79 Å². The largest absolute Gasteiger partial charge is 0.497 e. The minimum atomic E-state index is 0.0774. The van der Waals surface area contributed by atoms with Crippen molar-refractivity contribution in [3.8, 4) is 5.75 Å². The summed E-state index contributed by atoms with van der Waals surface area (Å²) in [7, 11) is 1.65. The molecule has 0 atom stereocenters. The molecule has 2 N–H and O–H groups in total. The van der Waals surface area contributed by atoms with Crippen LogP contribution in [0.2, 0.25) is 0 Å². The Morgan fingerprint density at radius 1 is 1.03 bits per heavy atom. The van der Waals surface area contributed by atoms with Crippen molar-refractivity contribution >= 4 is 28.1 Å². The molecule has 1 aromatic heterocycles. The standard InChI is InChI=1S/C22H26N4O2S/c1-28-19-12-8-11-18(16-19)24-22-26-25-21(29-22)13-6-3-7-14-23-20(27)15-17-9-4-2-5-10-17/h2,4-5,8-12,16H,3,6-7,13-15H2,1H3,(H,23,27)(H,24,26). The number of hydrogen-bond donors (Lipinski definition) is 2. The summed E-state index contributed by atoms with van der Waals surface area (Å²) in [5.74, 6) is 0.879. The van der Waals surface area contributed by atoms with E-state index in [-0.39, 0.29) is 5.91 Å². The number of ether oxygens (including phenoxy) is 1. The van der Waals surface area contributed by atoms with E-state index in [4.69, 9.17) is 4.74 Å². The molecule has 1 heterocycles. The molecule has 0 aliphatic heterocycles. The zero-order chi connectivity index (χ0) is 20.3. The van der Waals surface area contributed by atoms with Gasteiger partial charge in [-0.05, 0) is 30.5 Å². The quantitative estimate of drug-likeness (QED) is 0.459. The van der Waals surface area contributed by atoms with Gasteiger partial charge in [-0.1, -0.05) is 54.2 Å². The predicted molar refractivity (Wildman–Crippen MR) is 117 cm³/mol. The summed E-state index contributed by atoms with van der Waals surface area (Å²) in [6.45, 7) is 0.713. The molecular weight excluding hydrogens is 384 g/mol. The van der Waals surface area contributed by atoms with Crippen LogP contribution >= 0.6 is 11.3 Å². The molecule has 0 bridgehead atoms. The summed E-state index contributed by atoms with van der Waals surface area (Å²) in [5.41, 5.74) is 1.97. The van der Waals surface area contributed by atoms with E-state index in [1.54, 1.807) is 18.4 Å². The molecular formula is C22H26N4O2S. The molecule has 3 aromatic rings. The number of methoxy groups -OCH3 is 1. The number of aryl methyl sites for hydroxylation is 1. The summed E-state index contributed by atoms with van der Waals surface area (Å²) in [6, 6.07) is 17.5. The lowest BCUT2D eigenvalue weighted by molar-refractivity contribution is -0.120. The van der Waals surface area contributed by atoms with Crippen molar-refractivity contribution in [3.05, 3.63) is 65.2 Å². The van der Waals surface area contributed by atoms with Gasteiger partial charge >= 0.3 is 0 Å². The fraction of sp³-hybridized carbons (Fsp3) is 0.318. The Morgan fingerprint density at radius 2 is 1.90 bits per heavy atom. The van der Waals surface area contributed by atoms with E-state index < -0.39 is 0 Å². The number of benzene rings is 2. The van der Waals surface area contributed by atoms with Crippen molar-refractivity contribution in [3.63, 3.8) is 0 Å². The first-order valence-corrected chi connectivity index (χ1v) is 10.6. The Balaban J connectivity index is 1.30. The fourth-order valence-corrected chi connectivity index (χ4v) is 3.68. The van der Waals surface area contributed by atoms with Gasteiger partial charge < -0.3 is 15.4 Å². The van der Waals surface area contributed by atoms with Crippen LogP contribution in [0.1, 0.15) is 29.8 Å². The smallest absolute Gasteiger partial charge is 0.224 e. The molecule has 152 valence electrons. The Labute approximate surface area is 175 Å². The Bertz CT molecular complexity index is 899. The molecule has 0 saturated carbocycles. The molecule has 2 aromatic carbocycles. The van der Waals surface area contributed by atoms with Crippen molar-refractivity contribution < 1.29 is 9.53 Å². The SMILES string of the molecule is COc1cccc(Nc2nnc(CCCCCNC(=O)Cc3ccccc3)s2)c1. The second-order valence-electron chi connectivity index (χ2n) is 6.68. The average Bonchev–Trinajstić information content (AvgIpc) is 3.18. The third-order valence-corrected chi connectivity index (χ3v) is 5.28. The Morgan fingerprint density at radius 3 is 2.72 bits per heavy atom. The van der Waals surface area contributed by atoms with Crippen molar-refractivity contribution in [2.45, 2.75) is 32.1 Å². The molecule has 1 amide bonds. The minimum absolute atomic E-state index is 0.0774. The van der Waals surface area contributed by atoms with E-state index in [1.807, 2.05) is 54.6 Å². The molecule has 0 radical (unpaired) electrons. The number of nitrogens with one attached hydrogen (secondary N) is 2. The maximum Gasteiger partial charge on any atom is 0.224 e. The van der Waals surface area contributed by atoms with Crippen LogP contribution in [0.4, 0.5) is 10.8 Å². The van der Waals surface area contributed by atoms with E-state index in [1.165, 1.54) is 0 Å². The number of carbonyl (C=O) groups is 1. The zero-order valence-electron chi connectivity index (χ0n) is 16.6. The zero-order valence-corrected chi connectivity index (χ0v) is 17.4. The summed E-state index contributed by atoms with van der Waals surface area (Å²) >= 11 is 1.57. The molecule has 0 fully saturated rings. The predicted octanol–water partition coefficient (Wildman–Crippen LogP) is 4.36. The summed E-state index contributed by atoms with van der Waals surface area (Å²) < 4.78 is 5.23. The molecule has 6 nitrogen and oxygen atoms in total. The monoisotopic (exact) mass is 410 g/mol. The molecule has 0 aliphatic carbocycles. The molecule has 0 unspecified atom stereocenters. The number of aromatic nitrogens is 2. The van der Waals surface area contributed by atoms with Gasteiger partial charge in [-0.15, -0.1) is 10.2 Å². The first-order valence-electron chi connectivity index (χ1n) is 9.77. The van der Waals surface area contributed by atoms with Crippen molar-refractivity contribution in [1.82, 2.24) is 15.5 Å². The van der Waals surface area contributed by atoms with E-state index in [0.717, 1.165) is 52.8 Å². The van der Waals surface area contributed by atoms with Crippen molar-refractivity contribution in [2.24, 2.45) is 0 Å². The second-order valence-corrected chi connectivity index (χ2v) is 7.74. The molecule has 0 spiro atoms. The topological polar surface area (TPSA) is 76.1 Å². The van der Waals surface area contributed by atoms with Crippen LogP contribution in [0.3, 0.4) is 0 Å². The highest BCUT2D eigenvalue weighted by atomic mass is 32.1. The van der Waals surface area contributed by atoms with Crippen LogP contribution in [-0.2, 0) is 17.6 Å². The van der Waals surface area contributed by atoms with Gasteiger partial charge in [0.1, 0.15) is 10.8 Å². The van der Waals surface area contributed by atoms with Crippen LogP contribution in [0.25, 0.3) is 0 Å². The summed E-state index contributed by atoms with van der Waals surface area (Å²) in [4.78, 5) is 11.9. The molecule has 0 saturated heterocycles. The highest BCUT2D eigenvalue weighted by Gasteiger charge is 2.06. The van der Waals surface area contributed by atoms with E-state index in [0.29, 0.717) is 13.0 Å². The molecule has 0 aliphatic rings. The molecule has 3 rings (SSSR count). The van der Waals surface area contributed by atoms with Crippen LogP contribution in [0.15, 0.2) is 54.6 Å². The summed E-state index contributed by atoms with van der Waals surface area (Å²) in [6.07, 6.45) is 4.38. The van der Waals surface area contributed by atoms with Gasteiger partial charge in [-0.25, -0.2) is 0 Å². The normalized spacial score (nSPS) is 10.5. The fourth-order valence-electron chi connectivity index (χ4n) is 2.88. The van der Waals surface area contributed by atoms with Gasteiger partial charge in [0.2, 0.25) is 11.0 Å². The first-order chi connectivity index (χ1) is 14.2. The lowest BCUT2D eigenvalue weighted by atomic mass is 10.1. The highest BCUT2D eigenvalue weighted by molar-refractivity contribution is 7.15. The van der Waals surface area contributed by atoms with Gasteiger partial charge in [0.15, 0.2) is 0 Å². The molecule has 7 heteroatoms. The average molecular weight is 411 g/mol. The number of amides is 1. The Kier molecular flexibility index (Phi) is 8.01. The van der Waals surface area contributed by atoms with Crippen molar-refractivity contribution in [2.75, 3.05) is 19.0 Å². The van der Waals surface area contributed by atoms with Gasteiger partial charge in [0.05, 0.1) is 13.5 Å².